The first kappa shape index (κ1) is 16.3. The van der Waals surface area contributed by atoms with E-state index in [9.17, 15) is 4.79 Å². The Kier molecular flexibility index (Phi) is 4.69. The number of aromatic nitrogens is 1. The molecule has 126 valence electrons. The number of hydrogen-bond acceptors (Lipinski definition) is 4. The summed E-state index contributed by atoms with van der Waals surface area (Å²) in [6.45, 7) is 0.646. The highest BCUT2D eigenvalue weighted by Crippen LogP contribution is 2.36. The van der Waals surface area contributed by atoms with Crippen molar-refractivity contribution in [3.8, 4) is 11.5 Å². The summed E-state index contributed by atoms with van der Waals surface area (Å²) in [5, 5.41) is 0. The van der Waals surface area contributed by atoms with Gasteiger partial charge in [-0.3, -0.25) is 9.78 Å². The Morgan fingerprint density at radius 1 is 1.33 bits per heavy atom. The van der Waals surface area contributed by atoms with Crippen LogP contribution in [0.1, 0.15) is 21.6 Å². The van der Waals surface area contributed by atoms with Gasteiger partial charge in [-0.15, -0.1) is 0 Å². The topological polar surface area (TPSA) is 51.7 Å². The third-order valence-electron chi connectivity index (χ3n) is 4.23. The number of fused-ring (bicyclic) bond motifs is 1. The summed E-state index contributed by atoms with van der Waals surface area (Å²) in [5.41, 5.74) is 2.76. The van der Waals surface area contributed by atoms with E-state index in [2.05, 4.69) is 11.1 Å². The summed E-state index contributed by atoms with van der Waals surface area (Å²) in [7, 11) is 5.13. The SMILES string of the molecule is COc1cccc2c1OC[C@H](Cc1ccc(C(=O)N(C)C)cn1)C2. The molecule has 0 bridgehead atoms. The minimum absolute atomic E-state index is 0.0314. The van der Waals surface area contributed by atoms with Crippen molar-refractivity contribution < 1.29 is 14.3 Å². The first-order valence-corrected chi connectivity index (χ1v) is 8.03. The van der Waals surface area contributed by atoms with E-state index in [1.54, 1.807) is 32.3 Å². The minimum atomic E-state index is -0.0314. The molecule has 2 aromatic rings. The average molecular weight is 326 g/mol. The molecule has 0 N–H and O–H groups in total. The number of ether oxygens (including phenoxy) is 2. The van der Waals surface area contributed by atoms with Crippen molar-refractivity contribution in [2.75, 3.05) is 27.8 Å². The average Bonchev–Trinajstić information content (AvgIpc) is 2.61. The van der Waals surface area contributed by atoms with Gasteiger partial charge in [0.05, 0.1) is 19.3 Å². The smallest absolute Gasteiger partial charge is 0.254 e. The third-order valence-corrected chi connectivity index (χ3v) is 4.23. The van der Waals surface area contributed by atoms with Crippen LogP contribution in [-0.4, -0.2) is 43.6 Å². The first-order chi connectivity index (χ1) is 11.6. The molecule has 1 aliphatic rings. The Morgan fingerprint density at radius 3 is 2.83 bits per heavy atom. The predicted molar refractivity (Wildman–Crippen MR) is 91.6 cm³/mol. The standard InChI is InChI=1S/C19H22N2O3/c1-21(2)19(22)15-7-8-16(20-11-15)10-13-9-14-5-4-6-17(23-3)18(14)24-12-13/h4-8,11,13H,9-10,12H2,1-3H3/t13-/m0/s1. The maximum absolute atomic E-state index is 11.9. The van der Waals surface area contributed by atoms with Gasteiger partial charge in [-0.2, -0.15) is 0 Å². The zero-order valence-electron chi connectivity index (χ0n) is 14.3. The van der Waals surface area contributed by atoms with Crippen LogP contribution in [0, 0.1) is 5.92 Å². The molecule has 2 heterocycles. The lowest BCUT2D eigenvalue weighted by molar-refractivity contribution is 0.0827. The molecule has 3 rings (SSSR count). The minimum Gasteiger partial charge on any atom is -0.493 e. The second-order valence-electron chi connectivity index (χ2n) is 6.27. The van der Waals surface area contributed by atoms with Gasteiger partial charge < -0.3 is 14.4 Å². The monoisotopic (exact) mass is 326 g/mol. The molecule has 5 nitrogen and oxygen atoms in total. The van der Waals surface area contributed by atoms with Crippen LogP contribution in [-0.2, 0) is 12.8 Å². The second kappa shape index (κ2) is 6.91. The molecular formula is C19H22N2O3. The van der Waals surface area contributed by atoms with Crippen molar-refractivity contribution >= 4 is 5.91 Å². The molecule has 1 amide bonds. The van der Waals surface area contributed by atoms with Gasteiger partial charge in [0.15, 0.2) is 11.5 Å². The molecule has 24 heavy (non-hydrogen) atoms. The lowest BCUT2D eigenvalue weighted by Gasteiger charge is -2.26. The number of nitrogens with zero attached hydrogens (tertiary/aromatic N) is 2. The van der Waals surface area contributed by atoms with Crippen LogP contribution in [0.5, 0.6) is 11.5 Å². The molecule has 1 aliphatic heterocycles. The van der Waals surface area contributed by atoms with Crippen molar-refractivity contribution in [1.29, 1.82) is 0 Å². The maximum Gasteiger partial charge on any atom is 0.254 e. The fourth-order valence-corrected chi connectivity index (χ4v) is 2.97. The number of para-hydroxylation sites is 1. The Labute approximate surface area is 142 Å². The molecule has 0 saturated heterocycles. The van der Waals surface area contributed by atoms with Crippen molar-refractivity contribution in [2.45, 2.75) is 12.8 Å². The van der Waals surface area contributed by atoms with Crippen LogP contribution in [0.3, 0.4) is 0 Å². The predicted octanol–water partition coefficient (Wildman–Crippen LogP) is 2.59. The van der Waals surface area contributed by atoms with Gasteiger partial charge in [-0.25, -0.2) is 0 Å². The highest BCUT2D eigenvalue weighted by atomic mass is 16.5. The van der Waals surface area contributed by atoms with E-state index in [0.29, 0.717) is 18.1 Å². The van der Waals surface area contributed by atoms with Gasteiger partial charge in [-0.05, 0) is 36.6 Å². The van der Waals surface area contributed by atoms with Gasteiger partial charge in [0, 0.05) is 31.9 Å². The summed E-state index contributed by atoms with van der Waals surface area (Å²) >= 11 is 0. The molecule has 1 aromatic heterocycles. The fraction of sp³-hybridized carbons (Fsp3) is 0.368. The number of hydrogen-bond donors (Lipinski definition) is 0. The molecule has 0 unspecified atom stereocenters. The van der Waals surface area contributed by atoms with E-state index in [0.717, 1.165) is 30.0 Å². The van der Waals surface area contributed by atoms with E-state index < -0.39 is 0 Å². The molecule has 0 radical (unpaired) electrons. The van der Waals surface area contributed by atoms with E-state index in [1.807, 2.05) is 24.3 Å². The van der Waals surface area contributed by atoms with Crippen molar-refractivity contribution in [2.24, 2.45) is 5.92 Å². The van der Waals surface area contributed by atoms with Crippen molar-refractivity contribution in [3.63, 3.8) is 0 Å². The van der Waals surface area contributed by atoms with Crippen LogP contribution < -0.4 is 9.47 Å². The molecule has 1 aromatic carbocycles. The van der Waals surface area contributed by atoms with E-state index in [-0.39, 0.29) is 5.91 Å². The lowest BCUT2D eigenvalue weighted by Crippen LogP contribution is -2.24. The van der Waals surface area contributed by atoms with Crippen LogP contribution in [0.25, 0.3) is 0 Å². The van der Waals surface area contributed by atoms with Crippen LogP contribution >= 0.6 is 0 Å². The van der Waals surface area contributed by atoms with Gasteiger partial charge in [0.25, 0.3) is 5.91 Å². The van der Waals surface area contributed by atoms with Gasteiger partial charge >= 0.3 is 0 Å². The summed E-state index contributed by atoms with van der Waals surface area (Å²) < 4.78 is 11.3. The van der Waals surface area contributed by atoms with Crippen molar-refractivity contribution in [3.05, 3.63) is 53.3 Å². The van der Waals surface area contributed by atoms with Crippen LogP contribution in [0.4, 0.5) is 0 Å². The first-order valence-electron chi connectivity index (χ1n) is 8.03. The van der Waals surface area contributed by atoms with Gasteiger partial charge in [0.2, 0.25) is 0 Å². The summed E-state index contributed by atoms with van der Waals surface area (Å²) in [6, 6.07) is 9.75. The number of benzene rings is 1. The lowest BCUT2D eigenvalue weighted by atomic mass is 9.92. The summed E-state index contributed by atoms with van der Waals surface area (Å²) in [4.78, 5) is 17.9. The molecule has 0 spiro atoms. The number of carbonyl (C=O) groups is 1. The Morgan fingerprint density at radius 2 is 2.17 bits per heavy atom. The highest BCUT2D eigenvalue weighted by molar-refractivity contribution is 5.93. The number of amides is 1. The summed E-state index contributed by atoms with van der Waals surface area (Å²) in [5.74, 6) is 1.98. The number of rotatable bonds is 4. The Hall–Kier alpha value is -2.56. The van der Waals surface area contributed by atoms with Gasteiger partial charge in [-0.1, -0.05) is 12.1 Å². The summed E-state index contributed by atoms with van der Waals surface area (Å²) in [6.07, 6.45) is 3.41. The quantitative estimate of drug-likeness (QED) is 0.866. The Bertz CT molecular complexity index is 726. The zero-order valence-corrected chi connectivity index (χ0v) is 14.3. The number of pyridine rings is 1. The number of carbonyl (C=O) groups excluding carboxylic acids is 1. The van der Waals surface area contributed by atoms with Crippen LogP contribution in [0.2, 0.25) is 0 Å². The molecule has 0 aliphatic carbocycles. The van der Waals surface area contributed by atoms with E-state index in [1.165, 1.54) is 5.56 Å². The molecule has 1 atom stereocenters. The second-order valence-corrected chi connectivity index (χ2v) is 6.27. The Balaban J connectivity index is 1.68. The van der Waals surface area contributed by atoms with E-state index >= 15 is 0 Å². The molecule has 5 heteroatoms. The van der Waals surface area contributed by atoms with E-state index in [4.69, 9.17) is 9.47 Å². The number of methoxy groups -OCH3 is 1. The zero-order chi connectivity index (χ0) is 17.1. The maximum atomic E-state index is 11.9. The van der Waals surface area contributed by atoms with Crippen molar-refractivity contribution in [1.82, 2.24) is 9.88 Å². The fourth-order valence-electron chi connectivity index (χ4n) is 2.97. The third kappa shape index (κ3) is 3.35. The van der Waals surface area contributed by atoms with Gasteiger partial charge in [0.1, 0.15) is 0 Å². The highest BCUT2D eigenvalue weighted by Gasteiger charge is 2.23. The normalized spacial score (nSPS) is 16.0. The molecule has 0 fully saturated rings. The van der Waals surface area contributed by atoms with Crippen LogP contribution in [0.15, 0.2) is 36.5 Å². The molecule has 0 saturated carbocycles. The molecular weight excluding hydrogens is 304 g/mol. The largest absolute Gasteiger partial charge is 0.493 e.